The van der Waals surface area contributed by atoms with Crippen molar-refractivity contribution in [1.29, 1.82) is 0 Å². The molecule has 0 saturated carbocycles. The van der Waals surface area contributed by atoms with Crippen LogP contribution in [0.3, 0.4) is 0 Å². The van der Waals surface area contributed by atoms with Crippen molar-refractivity contribution >= 4 is 17.2 Å². The number of ether oxygens (including phenoxy) is 1. The van der Waals surface area contributed by atoms with Crippen LogP contribution in [0.15, 0.2) is 52.7 Å². The van der Waals surface area contributed by atoms with E-state index >= 15 is 0 Å². The molecule has 126 valence electrons. The summed E-state index contributed by atoms with van der Waals surface area (Å²) in [6.45, 7) is 5.50. The van der Waals surface area contributed by atoms with Gasteiger partial charge in [-0.05, 0) is 36.4 Å². The van der Waals surface area contributed by atoms with Gasteiger partial charge < -0.3 is 4.74 Å². The van der Waals surface area contributed by atoms with Crippen LogP contribution in [0.4, 0.5) is 20.2 Å². The number of azo groups is 1. The van der Waals surface area contributed by atoms with Crippen LogP contribution in [0.2, 0.25) is 0 Å². The second kappa shape index (κ2) is 7.29. The summed E-state index contributed by atoms with van der Waals surface area (Å²) < 4.78 is 31.3. The molecule has 0 aliphatic carbocycles. The largest absolute Gasteiger partial charge is 0.486 e. The third-order valence-electron chi connectivity index (χ3n) is 3.23. The van der Waals surface area contributed by atoms with Crippen molar-refractivity contribution in [3.05, 3.63) is 54.1 Å². The summed E-state index contributed by atoms with van der Waals surface area (Å²) in [5, 5.41) is 7.77. The first kappa shape index (κ1) is 17.7. The molecule has 0 saturated heterocycles. The second-order valence-electron chi connectivity index (χ2n) is 6.25. The monoisotopic (exact) mass is 332 g/mol. The maximum Gasteiger partial charge on any atom is 0.175 e. The number of carbonyl (C=O) groups excluding carboxylic acids is 1. The van der Waals surface area contributed by atoms with Gasteiger partial charge in [-0.15, -0.1) is 0 Å². The fourth-order valence-electron chi connectivity index (χ4n) is 1.64. The van der Waals surface area contributed by atoms with Crippen LogP contribution in [-0.2, 0) is 4.79 Å². The zero-order chi connectivity index (χ0) is 17.7. The molecule has 4 nitrogen and oxygen atoms in total. The molecule has 6 heteroatoms. The van der Waals surface area contributed by atoms with Gasteiger partial charge in [0.1, 0.15) is 12.4 Å². The number of hydrogen-bond donors (Lipinski definition) is 0. The first-order valence-corrected chi connectivity index (χ1v) is 7.39. The minimum absolute atomic E-state index is 0.000773. The highest BCUT2D eigenvalue weighted by Gasteiger charge is 2.21. The average molecular weight is 332 g/mol. The Morgan fingerprint density at radius 1 is 0.958 bits per heavy atom. The van der Waals surface area contributed by atoms with Crippen molar-refractivity contribution < 1.29 is 18.3 Å². The molecule has 0 amide bonds. The van der Waals surface area contributed by atoms with Crippen LogP contribution in [0.25, 0.3) is 0 Å². The van der Waals surface area contributed by atoms with E-state index in [1.165, 1.54) is 6.07 Å². The summed E-state index contributed by atoms with van der Waals surface area (Å²) in [7, 11) is 0. The summed E-state index contributed by atoms with van der Waals surface area (Å²) in [5.74, 6) is -1.36. The van der Waals surface area contributed by atoms with Crippen molar-refractivity contribution in [3.8, 4) is 5.75 Å². The van der Waals surface area contributed by atoms with Gasteiger partial charge in [0.25, 0.3) is 0 Å². The highest BCUT2D eigenvalue weighted by Crippen LogP contribution is 2.23. The first-order chi connectivity index (χ1) is 11.3. The maximum atomic E-state index is 13.1. The van der Waals surface area contributed by atoms with Gasteiger partial charge in [-0.2, -0.15) is 10.2 Å². The second-order valence-corrected chi connectivity index (χ2v) is 6.25. The van der Waals surface area contributed by atoms with E-state index in [1.54, 1.807) is 24.3 Å². The van der Waals surface area contributed by atoms with Gasteiger partial charge in [0.05, 0.1) is 11.4 Å². The Morgan fingerprint density at radius 2 is 1.54 bits per heavy atom. The summed E-state index contributed by atoms with van der Waals surface area (Å²) in [6.07, 6.45) is 0. The summed E-state index contributed by atoms with van der Waals surface area (Å²) in [4.78, 5) is 11.8. The van der Waals surface area contributed by atoms with E-state index in [2.05, 4.69) is 10.2 Å². The van der Waals surface area contributed by atoms with Crippen molar-refractivity contribution in [2.24, 2.45) is 15.6 Å². The van der Waals surface area contributed by atoms with Gasteiger partial charge in [-0.1, -0.05) is 20.8 Å². The lowest BCUT2D eigenvalue weighted by atomic mass is 9.91. The molecule has 0 spiro atoms. The molecule has 0 aliphatic heterocycles. The van der Waals surface area contributed by atoms with E-state index in [1.807, 2.05) is 20.8 Å². The Labute approximate surface area is 139 Å². The molecular weight excluding hydrogens is 314 g/mol. The zero-order valence-electron chi connectivity index (χ0n) is 13.7. The third-order valence-corrected chi connectivity index (χ3v) is 3.23. The fraction of sp³-hybridized carbons (Fsp3) is 0.278. The molecule has 2 rings (SSSR count). The topological polar surface area (TPSA) is 51.0 Å². The molecule has 0 atom stereocenters. The lowest BCUT2D eigenvalue weighted by Gasteiger charge is -2.16. The quantitative estimate of drug-likeness (QED) is 0.691. The highest BCUT2D eigenvalue weighted by atomic mass is 19.2. The first-order valence-electron chi connectivity index (χ1n) is 7.39. The number of Topliss-reactive ketones (excluding diaryl/α,β-unsaturated/α-hetero) is 1. The van der Waals surface area contributed by atoms with Crippen LogP contribution in [0, 0.1) is 17.0 Å². The number of benzene rings is 2. The molecule has 0 unspecified atom stereocenters. The van der Waals surface area contributed by atoms with E-state index in [4.69, 9.17) is 4.74 Å². The number of rotatable bonds is 5. The van der Waals surface area contributed by atoms with E-state index in [0.717, 1.165) is 12.1 Å². The zero-order valence-corrected chi connectivity index (χ0v) is 13.7. The predicted molar refractivity (Wildman–Crippen MR) is 86.9 cm³/mol. The number of nitrogens with zero attached hydrogens (tertiary/aromatic N) is 2. The summed E-state index contributed by atoms with van der Waals surface area (Å²) in [5.41, 5.74) is 0.290. The number of ketones is 1. The normalized spacial score (nSPS) is 11.7. The van der Waals surface area contributed by atoms with Crippen LogP contribution < -0.4 is 4.74 Å². The lowest BCUT2D eigenvalue weighted by molar-refractivity contribution is -0.128. The van der Waals surface area contributed by atoms with Gasteiger partial charge >= 0.3 is 0 Å². The SMILES string of the molecule is CC(C)(C)C(=O)COc1ccc(N=Nc2ccc(F)c(F)c2)cc1. The van der Waals surface area contributed by atoms with E-state index in [9.17, 15) is 13.6 Å². The third kappa shape index (κ3) is 4.94. The number of halogens is 2. The predicted octanol–water partition coefficient (Wildman–Crippen LogP) is 5.37. The molecule has 0 aromatic heterocycles. The summed E-state index contributed by atoms with van der Waals surface area (Å²) >= 11 is 0. The molecular formula is C18H18F2N2O2. The molecule has 0 fully saturated rings. The van der Waals surface area contributed by atoms with Crippen LogP contribution in [0.5, 0.6) is 5.75 Å². The molecule has 0 aliphatic rings. The Morgan fingerprint density at radius 3 is 2.12 bits per heavy atom. The molecule has 2 aromatic rings. The Kier molecular flexibility index (Phi) is 5.39. The molecule has 24 heavy (non-hydrogen) atoms. The molecule has 0 bridgehead atoms. The van der Waals surface area contributed by atoms with Crippen molar-refractivity contribution in [2.45, 2.75) is 20.8 Å². The number of carbonyl (C=O) groups is 1. The van der Waals surface area contributed by atoms with Crippen LogP contribution >= 0.6 is 0 Å². The summed E-state index contributed by atoms with van der Waals surface area (Å²) in [6, 6.07) is 9.92. The van der Waals surface area contributed by atoms with Crippen molar-refractivity contribution in [3.63, 3.8) is 0 Å². The lowest BCUT2D eigenvalue weighted by Crippen LogP contribution is -2.26. The Bertz CT molecular complexity index is 751. The van der Waals surface area contributed by atoms with Gasteiger partial charge in [0, 0.05) is 11.5 Å². The van der Waals surface area contributed by atoms with Crippen LogP contribution in [-0.4, -0.2) is 12.4 Å². The highest BCUT2D eigenvalue weighted by molar-refractivity contribution is 5.85. The fourth-order valence-corrected chi connectivity index (χ4v) is 1.64. The van der Waals surface area contributed by atoms with Gasteiger partial charge in [-0.25, -0.2) is 8.78 Å². The smallest absolute Gasteiger partial charge is 0.175 e. The minimum Gasteiger partial charge on any atom is -0.486 e. The van der Waals surface area contributed by atoms with E-state index in [-0.39, 0.29) is 18.1 Å². The van der Waals surface area contributed by atoms with Crippen molar-refractivity contribution in [1.82, 2.24) is 0 Å². The molecule has 0 heterocycles. The van der Waals surface area contributed by atoms with Gasteiger partial charge in [0.2, 0.25) is 0 Å². The average Bonchev–Trinajstić information content (AvgIpc) is 2.53. The molecule has 0 N–H and O–H groups in total. The van der Waals surface area contributed by atoms with Gasteiger partial charge in [-0.3, -0.25) is 4.79 Å². The van der Waals surface area contributed by atoms with E-state index < -0.39 is 17.0 Å². The number of hydrogen-bond acceptors (Lipinski definition) is 4. The molecule has 2 aromatic carbocycles. The standard InChI is InChI=1S/C18H18F2N2O2/c1-18(2,3)17(23)11-24-14-7-4-12(5-8-14)21-22-13-6-9-15(19)16(20)10-13/h4-10H,11H2,1-3H3. The minimum atomic E-state index is -0.973. The maximum absolute atomic E-state index is 13.1. The van der Waals surface area contributed by atoms with E-state index in [0.29, 0.717) is 11.4 Å². The van der Waals surface area contributed by atoms with Crippen molar-refractivity contribution in [2.75, 3.05) is 6.61 Å². The van der Waals surface area contributed by atoms with Gasteiger partial charge in [0.15, 0.2) is 17.4 Å². The van der Waals surface area contributed by atoms with Crippen LogP contribution in [0.1, 0.15) is 20.8 Å². The molecule has 0 radical (unpaired) electrons. The Balaban J connectivity index is 1.97. The Hall–Kier alpha value is -2.63.